The third kappa shape index (κ3) is 15.0. The maximum atomic E-state index is 13.3. The monoisotopic (exact) mass is 623 g/mol. The molecule has 244 valence electrons. The van der Waals surface area contributed by atoms with E-state index in [1.54, 1.807) is 0 Å². The Morgan fingerprint density at radius 3 is 1.86 bits per heavy atom. The van der Waals surface area contributed by atoms with Gasteiger partial charge in [0.1, 0.15) is 24.2 Å². The predicted octanol–water partition coefficient (Wildman–Crippen LogP) is -5.02. The fraction of sp³-hybridized carbons (Fsp3) is 0.542. The molecule has 0 unspecified atom stereocenters. The number of imidazole rings is 1. The number of nitrogens with two attached hydrogens (primary N) is 4. The molecule has 1 rings (SSSR count). The van der Waals surface area contributed by atoms with Crippen molar-refractivity contribution in [1.82, 2.24) is 41.9 Å². The van der Waals surface area contributed by atoms with Gasteiger partial charge in [-0.25, -0.2) is 9.78 Å². The molecule has 0 aliphatic heterocycles. The molecule has 0 saturated carbocycles. The summed E-state index contributed by atoms with van der Waals surface area (Å²) in [5.41, 5.74) is 21.3. The zero-order valence-corrected chi connectivity index (χ0v) is 24.2. The van der Waals surface area contributed by atoms with Gasteiger partial charge in [-0.1, -0.05) is 0 Å². The highest BCUT2D eigenvalue weighted by Crippen LogP contribution is 2.05. The van der Waals surface area contributed by atoms with Crippen molar-refractivity contribution < 1.29 is 33.6 Å². The second-order valence-corrected chi connectivity index (χ2v) is 9.69. The van der Waals surface area contributed by atoms with Crippen LogP contribution in [0.5, 0.6) is 0 Å². The summed E-state index contributed by atoms with van der Waals surface area (Å²) in [5, 5.41) is 21.8. The van der Waals surface area contributed by atoms with Crippen LogP contribution >= 0.6 is 0 Å². The van der Waals surface area contributed by atoms with Gasteiger partial charge in [0.05, 0.1) is 18.4 Å². The molecule has 0 bridgehead atoms. The molecule has 0 radical (unpaired) electrons. The minimum atomic E-state index is -1.55. The number of urea groups is 1. The molecular formula is C24H41N13O7. The number of hydrogen-bond acceptors (Lipinski definition) is 9. The average Bonchev–Trinajstić information content (AvgIpc) is 3.43. The summed E-state index contributed by atoms with van der Waals surface area (Å²) in [6.07, 6.45) is 2.66. The molecule has 8 amide bonds. The van der Waals surface area contributed by atoms with Crippen molar-refractivity contribution in [1.29, 1.82) is 5.41 Å². The van der Waals surface area contributed by atoms with Gasteiger partial charge in [-0.3, -0.25) is 34.2 Å². The second-order valence-electron chi connectivity index (χ2n) is 9.69. The molecule has 1 aromatic rings. The van der Waals surface area contributed by atoms with Crippen molar-refractivity contribution in [3.63, 3.8) is 0 Å². The number of carbonyl (C=O) groups excluding carboxylic acids is 7. The van der Waals surface area contributed by atoms with Gasteiger partial charge in [0.15, 0.2) is 5.96 Å². The lowest BCUT2D eigenvalue weighted by Gasteiger charge is -2.25. The van der Waals surface area contributed by atoms with Crippen molar-refractivity contribution in [2.75, 3.05) is 13.1 Å². The van der Waals surface area contributed by atoms with Crippen LogP contribution < -0.4 is 54.8 Å². The summed E-state index contributed by atoms with van der Waals surface area (Å²) in [6.45, 7) is 1.53. The van der Waals surface area contributed by atoms with E-state index in [0.717, 1.165) is 0 Å². The first kappa shape index (κ1) is 36.6. The number of amides is 8. The Labute approximate surface area is 252 Å². The van der Waals surface area contributed by atoms with E-state index in [-0.39, 0.29) is 44.7 Å². The topological polar surface area (TPSA) is 348 Å². The second kappa shape index (κ2) is 18.9. The van der Waals surface area contributed by atoms with Gasteiger partial charge in [-0.2, -0.15) is 0 Å². The number of hydrogen-bond donors (Lipinski definition) is 12. The van der Waals surface area contributed by atoms with Crippen LogP contribution in [0.4, 0.5) is 4.79 Å². The van der Waals surface area contributed by atoms with E-state index in [9.17, 15) is 33.6 Å². The standard InChI is InChI=1S/C24H41N13O7/c1-12(38)34-15(5-3-6-31-23(27)28)20(41)37-17(9-18(25)39)22(43)36-16(8-13-10-30-11-33-13)21(42)35-14(19(26)40)4-2-7-32-24(29)44/h10-11,14-17H,2-9H2,1H3,(H2,25,39)(H2,26,40)(H,30,33)(H,34,38)(H,35,42)(H,36,43)(H,37,41)(H4,27,28,31)(H3,29,32,44)/t14-,15-,16-,17-/m0/s1. The van der Waals surface area contributed by atoms with E-state index < -0.39 is 72.1 Å². The number of primary amides is 3. The summed E-state index contributed by atoms with van der Waals surface area (Å²) >= 11 is 0. The lowest BCUT2D eigenvalue weighted by molar-refractivity contribution is -0.135. The van der Waals surface area contributed by atoms with Gasteiger partial charge in [-0.15, -0.1) is 0 Å². The minimum Gasteiger partial charge on any atom is -0.370 e. The van der Waals surface area contributed by atoms with E-state index in [1.165, 1.54) is 19.4 Å². The molecule has 20 heteroatoms. The maximum Gasteiger partial charge on any atom is 0.312 e. The lowest BCUT2D eigenvalue weighted by Crippen LogP contribution is -2.59. The molecule has 0 fully saturated rings. The van der Waals surface area contributed by atoms with Crippen LogP contribution in [0, 0.1) is 5.41 Å². The summed E-state index contributed by atoms with van der Waals surface area (Å²) in [7, 11) is 0. The van der Waals surface area contributed by atoms with Gasteiger partial charge in [0, 0.05) is 32.6 Å². The summed E-state index contributed by atoms with van der Waals surface area (Å²) in [6, 6.07) is -5.96. The zero-order valence-electron chi connectivity index (χ0n) is 24.2. The highest BCUT2D eigenvalue weighted by molar-refractivity contribution is 5.97. The Balaban J connectivity index is 3.09. The Morgan fingerprint density at radius 2 is 1.34 bits per heavy atom. The number of H-pyrrole nitrogens is 1. The number of nitrogens with one attached hydrogen (secondary N) is 8. The third-order valence-corrected chi connectivity index (χ3v) is 5.95. The molecule has 44 heavy (non-hydrogen) atoms. The van der Waals surface area contributed by atoms with Crippen molar-refractivity contribution in [2.45, 2.75) is 69.6 Å². The number of guanidine groups is 1. The Morgan fingerprint density at radius 1 is 0.795 bits per heavy atom. The summed E-state index contributed by atoms with van der Waals surface area (Å²) in [4.78, 5) is 92.7. The van der Waals surface area contributed by atoms with Crippen LogP contribution in [0.25, 0.3) is 0 Å². The van der Waals surface area contributed by atoms with E-state index >= 15 is 0 Å². The SMILES string of the molecule is CC(=O)N[C@@H](CCCNC(=N)N)C(=O)N[C@@H](CC(N)=O)C(=O)N[C@@H](Cc1c[nH]cn1)C(=O)N[C@@H](CCCNC(N)=O)C(N)=O. The number of rotatable bonds is 20. The molecule has 4 atom stereocenters. The lowest BCUT2D eigenvalue weighted by atomic mass is 10.1. The van der Waals surface area contributed by atoms with Crippen molar-refractivity contribution in [2.24, 2.45) is 22.9 Å². The third-order valence-electron chi connectivity index (χ3n) is 5.95. The van der Waals surface area contributed by atoms with Gasteiger partial charge in [-0.05, 0) is 25.7 Å². The summed E-state index contributed by atoms with van der Waals surface area (Å²) < 4.78 is 0. The first-order valence-electron chi connectivity index (χ1n) is 13.5. The number of aromatic nitrogens is 2. The molecule has 16 N–H and O–H groups in total. The fourth-order valence-corrected chi connectivity index (χ4v) is 3.90. The Kier molecular flexibility index (Phi) is 15.7. The van der Waals surface area contributed by atoms with E-state index in [4.69, 9.17) is 28.3 Å². The van der Waals surface area contributed by atoms with Crippen LogP contribution in [0.1, 0.15) is 44.7 Å². The molecule has 1 heterocycles. The molecule has 1 aromatic heterocycles. The van der Waals surface area contributed by atoms with Crippen molar-refractivity contribution in [3.8, 4) is 0 Å². The van der Waals surface area contributed by atoms with Gasteiger partial charge in [0.25, 0.3) is 0 Å². The summed E-state index contributed by atoms with van der Waals surface area (Å²) in [5.74, 6) is -5.23. The Bertz CT molecular complexity index is 1180. The highest BCUT2D eigenvalue weighted by Gasteiger charge is 2.32. The van der Waals surface area contributed by atoms with Crippen molar-refractivity contribution >= 4 is 47.4 Å². The van der Waals surface area contributed by atoms with E-state index in [2.05, 4.69) is 41.9 Å². The Hall–Kier alpha value is -5.43. The smallest absolute Gasteiger partial charge is 0.312 e. The maximum absolute atomic E-state index is 13.3. The molecule has 0 spiro atoms. The largest absolute Gasteiger partial charge is 0.370 e. The molecular weight excluding hydrogens is 582 g/mol. The van der Waals surface area contributed by atoms with Crippen LogP contribution in [0.3, 0.4) is 0 Å². The normalized spacial score (nSPS) is 13.2. The number of aromatic amines is 1. The van der Waals surface area contributed by atoms with Gasteiger partial charge in [0.2, 0.25) is 35.4 Å². The van der Waals surface area contributed by atoms with Crippen molar-refractivity contribution in [3.05, 3.63) is 18.2 Å². The van der Waals surface area contributed by atoms with Gasteiger partial charge < -0.3 is 59.8 Å². The van der Waals surface area contributed by atoms with Crippen LogP contribution in [0.2, 0.25) is 0 Å². The molecule has 0 saturated heterocycles. The number of nitrogens with zero attached hydrogens (tertiary/aromatic N) is 1. The minimum absolute atomic E-state index is 0.0389. The fourth-order valence-electron chi connectivity index (χ4n) is 3.90. The molecule has 0 aliphatic rings. The predicted molar refractivity (Wildman–Crippen MR) is 155 cm³/mol. The van der Waals surface area contributed by atoms with E-state index in [0.29, 0.717) is 12.1 Å². The van der Waals surface area contributed by atoms with Crippen LogP contribution in [-0.2, 0) is 35.2 Å². The highest BCUT2D eigenvalue weighted by atomic mass is 16.2. The first-order chi connectivity index (χ1) is 20.7. The molecule has 0 aliphatic carbocycles. The van der Waals surface area contributed by atoms with Crippen LogP contribution in [-0.4, -0.2) is 94.7 Å². The average molecular weight is 624 g/mol. The zero-order chi connectivity index (χ0) is 33.2. The first-order valence-corrected chi connectivity index (χ1v) is 13.5. The number of carbonyl (C=O) groups is 7. The van der Waals surface area contributed by atoms with Gasteiger partial charge >= 0.3 is 6.03 Å². The van der Waals surface area contributed by atoms with E-state index in [1.807, 2.05) is 0 Å². The quantitative estimate of drug-likeness (QED) is 0.0372. The molecule has 0 aromatic carbocycles. The van der Waals surface area contributed by atoms with Crippen LogP contribution in [0.15, 0.2) is 12.5 Å². The molecule has 20 nitrogen and oxygen atoms in total.